The van der Waals surface area contributed by atoms with Gasteiger partial charge in [0.2, 0.25) is 21.8 Å². The Bertz CT molecular complexity index is 1250. The molecule has 0 spiro atoms. The van der Waals surface area contributed by atoms with Gasteiger partial charge in [-0.05, 0) is 54.7 Å². The minimum atomic E-state index is -4.64. The zero-order valence-corrected chi connectivity index (χ0v) is 24.3. The Balaban J connectivity index is 2.27. The van der Waals surface area contributed by atoms with Gasteiger partial charge >= 0.3 is 6.18 Å². The van der Waals surface area contributed by atoms with Gasteiger partial charge in [0.05, 0.1) is 24.6 Å². The smallest absolute Gasteiger partial charge is 0.416 e. The average molecular weight is 586 g/mol. The molecule has 0 aliphatic rings. The summed E-state index contributed by atoms with van der Waals surface area (Å²) in [7, 11) is -2.42. The lowest BCUT2D eigenvalue weighted by atomic mass is 10.1. The first kappa shape index (κ1) is 32.9. The third-order valence-corrected chi connectivity index (χ3v) is 7.37. The molecule has 2 amide bonds. The number of methoxy groups -OCH3 is 1. The van der Waals surface area contributed by atoms with Crippen molar-refractivity contribution < 1.29 is 35.9 Å². The van der Waals surface area contributed by atoms with Crippen LogP contribution in [0.25, 0.3) is 0 Å². The Labute approximate surface area is 234 Å². The molecule has 8 nitrogen and oxygen atoms in total. The van der Waals surface area contributed by atoms with E-state index in [1.54, 1.807) is 31.2 Å². The molecule has 2 rings (SSSR count). The molecule has 0 aliphatic carbocycles. The van der Waals surface area contributed by atoms with Crippen molar-refractivity contribution in [1.82, 2.24) is 10.2 Å². The zero-order chi connectivity index (χ0) is 30.1. The minimum Gasteiger partial charge on any atom is -0.497 e. The second kappa shape index (κ2) is 14.4. The van der Waals surface area contributed by atoms with E-state index in [0.29, 0.717) is 18.7 Å². The van der Waals surface area contributed by atoms with Crippen LogP contribution in [-0.2, 0) is 32.3 Å². The van der Waals surface area contributed by atoms with Gasteiger partial charge < -0.3 is 15.0 Å². The number of nitrogens with zero attached hydrogens (tertiary/aromatic N) is 2. The number of benzene rings is 2. The van der Waals surface area contributed by atoms with E-state index in [0.717, 1.165) is 34.3 Å². The van der Waals surface area contributed by atoms with Gasteiger partial charge in [0.15, 0.2) is 0 Å². The molecule has 0 radical (unpaired) electrons. The highest BCUT2D eigenvalue weighted by Gasteiger charge is 2.32. The molecule has 40 heavy (non-hydrogen) atoms. The van der Waals surface area contributed by atoms with Crippen LogP contribution >= 0.6 is 0 Å². The third kappa shape index (κ3) is 9.72. The Morgan fingerprint density at radius 1 is 1.07 bits per heavy atom. The fourth-order valence-corrected chi connectivity index (χ4v) is 5.11. The normalized spacial score (nSPS) is 12.6. The topological polar surface area (TPSA) is 96.0 Å². The summed E-state index contributed by atoms with van der Waals surface area (Å²) >= 11 is 0. The van der Waals surface area contributed by atoms with Crippen LogP contribution in [0, 0.1) is 5.92 Å². The number of hydrogen-bond acceptors (Lipinski definition) is 5. The molecule has 1 atom stereocenters. The van der Waals surface area contributed by atoms with E-state index < -0.39 is 27.8 Å². The number of carbonyl (C=O) groups excluding carboxylic acids is 2. The van der Waals surface area contributed by atoms with Gasteiger partial charge in [0.25, 0.3) is 0 Å². The fraction of sp³-hybridized carbons (Fsp3) is 0.500. The summed E-state index contributed by atoms with van der Waals surface area (Å²) in [6.45, 7) is 6.06. The van der Waals surface area contributed by atoms with Crippen LogP contribution in [0.3, 0.4) is 0 Å². The lowest BCUT2D eigenvalue weighted by molar-refractivity contribution is -0.141. The second-order valence-corrected chi connectivity index (χ2v) is 11.8. The summed E-state index contributed by atoms with van der Waals surface area (Å²) in [5.41, 5.74) is -0.376. The lowest BCUT2D eigenvalue weighted by Crippen LogP contribution is -2.49. The van der Waals surface area contributed by atoms with E-state index in [2.05, 4.69) is 5.32 Å². The van der Waals surface area contributed by atoms with Crippen LogP contribution in [0.15, 0.2) is 48.5 Å². The van der Waals surface area contributed by atoms with E-state index in [9.17, 15) is 31.2 Å². The number of carbonyl (C=O) groups is 2. The van der Waals surface area contributed by atoms with E-state index in [4.69, 9.17) is 4.74 Å². The maximum absolute atomic E-state index is 13.5. The quantitative estimate of drug-likeness (QED) is 0.342. The van der Waals surface area contributed by atoms with Gasteiger partial charge in [0, 0.05) is 26.1 Å². The lowest BCUT2D eigenvalue weighted by Gasteiger charge is -2.31. The van der Waals surface area contributed by atoms with Crippen LogP contribution in [0.1, 0.15) is 51.2 Å². The number of ether oxygens (including phenoxy) is 1. The van der Waals surface area contributed by atoms with Gasteiger partial charge in [-0.3, -0.25) is 13.9 Å². The summed E-state index contributed by atoms with van der Waals surface area (Å²) in [5, 5.41) is 2.87. The average Bonchev–Trinajstić information content (AvgIpc) is 2.88. The molecular weight excluding hydrogens is 547 g/mol. The van der Waals surface area contributed by atoms with E-state index >= 15 is 0 Å². The molecule has 12 heteroatoms. The van der Waals surface area contributed by atoms with Crippen LogP contribution in [0.5, 0.6) is 5.75 Å². The molecule has 2 aromatic rings. The molecule has 222 valence electrons. The monoisotopic (exact) mass is 585 g/mol. The Hall–Kier alpha value is -3.28. The standard InChI is InChI=1S/C28H38F3N3O5S/c1-6-25(27(36)32-18-20(2)3)33(19-21-10-7-13-24(16-21)39-4)26(35)14-9-15-34(40(5,37)38)23-12-8-11-22(17-23)28(29,30)31/h7-8,10-13,16-17,20,25H,6,9,14-15,18-19H2,1-5H3,(H,32,36)/t25-/m1/s1. The summed E-state index contributed by atoms with van der Waals surface area (Å²) in [6, 6.07) is 10.4. The highest BCUT2D eigenvalue weighted by Crippen LogP contribution is 2.32. The van der Waals surface area contributed by atoms with Crippen LogP contribution in [-0.4, -0.2) is 57.6 Å². The first-order chi connectivity index (χ1) is 18.7. The van der Waals surface area contributed by atoms with Gasteiger partial charge in [0.1, 0.15) is 11.8 Å². The number of nitrogens with one attached hydrogen (secondary N) is 1. The minimum absolute atomic E-state index is 0.0286. The molecule has 0 heterocycles. The van der Waals surface area contributed by atoms with E-state index in [1.807, 2.05) is 13.8 Å². The number of amides is 2. The molecule has 0 bridgehead atoms. The van der Waals surface area contributed by atoms with Crippen molar-refractivity contribution in [3.8, 4) is 5.75 Å². The predicted molar refractivity (Wildman–Crippen MR) is 148 cm³/mol. The molecule has 0 fully saturated rings. The number of alkyl halides is 3. The number of hydrogen-bond donors (Lipinski definition) is 1. The molecule has 1 N–H and O–H groups in total. The summed E-state index contributed by atoms with van der Waals surface area (Å²) in [6.07, 6.45) is -3.49. The third-order valence-electron chi connectivity index (χ3n) is 6.17. The van der Waals surface area contributed by atoms with Crippen molar-refractivity contribution in [2.24, 2.45) is 5.92 Å². The molecule has 0 aliphatic heterocycles. The summed E-state index contributed by atoms with van der Waals surface area (Å²) < 4.78 is 70.7. The zero-order valence-electron chi connectivity index (χ0n) is 23.5. The maximum Gasteiger partial charge on any atom is 0.416 e. The second-order valence-electron chi connectivity index (χ2n) is 9.92. The number of rotatable bonds is 14. The van der Waals surface area contributed by atoms with Gasteiger partial charge in [-0.1, -0.05) is 39.0 Å². The van der Waals surface area contributed by atoms with Crippen molar-refractivity contribution in [2.45, 2.75) is 58.8 Å². The van der Waals surface area contributed by atoms with Crippen molar-refractivity contribution >= 4 is 27.5 Å². The van der Waals surface area contributed by atoms with Crippen LogP contribution in [0.4, 0.5) is 18.9 Å². The van der Waals surface area contributed by atoms with Gasteiger partial charge in [-0.15, -0.1) is 0 Å². The Kier molecular flexibility index (Phi) is 11.8. The number of anilines is 1. The molecular formula is C28H38F3N3O5S. The summed E-state index contributed by atoms with van der Waals surface area (Å²) in [4.78, 5) is 28.0. The SMILES string of the molecule is CC[C@H](C(=O)NCC(C)C)N(Cc1cccc(OC)c1)C(=O)CCCN(c1cccc(C(F)(F)F)c1)S(C)(=O)=O. The first-order valence-electron chi connectivity index (χ1n) is 13.0. The van der Waals surface area contributed by atoms with E-state index in [-0.39, 0.29) is 49.4 Å². The molecule has 2 aromatic carbocycles. The molecule has 0 unspecified atom stereocenters. The summed E-state index contributed by atoms with van der Waals surface area (Å²) in [5.74, 6) is 0.120. The molecule has 0 aromatic heterocycles. The highest BCUT2D eigenvalue weighted by molar-refractivity contribution is 7.92. The van der Waals surface area contributed by atoms with Crippen molar-refractivity contribution in [1.29, 1.82) is 0 Å². The molecule has 0 saturated carbocycles. The van der Waals surface area contributed by atoms with Crippen molar-refractivity contribution in [2.75, 3.05) is 30.8 Å². The highest BCUT2D eigenvalue weighted by atomic mass is 32.2. The first-order valence-corrected chi connectivity index (χ1v) is 14.9. The Morgan fingerprint density at radius 3 is 2.33 bits per heavy atom. The number of sulfonamides is 1. The predicted octanol–water partition coefficient (Wildman–Crippen LogP) is 4.84. The Morgan fingerprint density at radius 2 is 1.75 bits per heavy atom. The largest absolute Gasteiger partial charge is 0.497 e. The fourth-order valence-electron chi connectivity index (χ4n) is 4.15. The van der Waals surface area contributed by atoms with E-state index in [1.165, 1.54) is 18.1 Å². The molecule has 0 saturated heterocycles. The van der Waals surface area contributed by atoms with Crippen molar-refractivity contribution in [3.63, 3.8) is 0 Å². The van der Waals surface area contributed by atoms with Crippen LogP contribution in [0.2, 0.25) is 0 Å². The van der Waals surface area contributed by atoms with Crippen molar-refractivity contribution in [3.05, 3.63) is 59.7 Å². The van der Waals surface area contributed by atoms with Gasteiger partial charge in [-0.2, -0.15) is 13.2 Å². The maximum atomic E-state index is 13.5. The van der Waals surface area contributed by atoms with Crippen LogP contribution < -0.4 is 14.4 Å². The number of halogens is 3. The van der Waals surface area contributed by atoms with Gasteiger partial charge in [-0.25, -0.2) is 8.42 Å².